The van der Waals surface area contributed by atoms with Crippen molar-refractivity contribution in [3.05, 3.63) is 96.1 Å². The Hall–Kier alpha value is -4.18. The van der Waals surface area contributed by atoms with E-state index in [1.54, 1.807) is 31.2 Å². The van der Waals surface area contributed by atoms with Crippen LogP contribution in [-0.2, 0) is 28.1 Å². The smallest absolute Gasteiger partial charge is 0.423 e. The second-order valence-electron chi connectivity index (χ2n) is 8.95. The van der Waals surface area contributed by atoms with E-state index in [0.717, 1.165) is 0 Å². The number of aliphatic hydroxyl groups is 1. The maximum Gasteiger partial charge on any atom is 0.423 e. The van der Waals surface area contributed by atoms with Crippen molar-refractivity contribution in [2.75, 3.05) is 6.61 Å². The molecule has 0 aliphatic heterocycles. The van der Waals surface area contributed by atoms with E-state index in [1.165, 1.54) is 64.1 Å². The summed E-state index contributed by atoms with van der Waals surface area (Å²) in [6, 6.07) is 16.2. The van der Waals surface area contributed by atoms with Crippen LogP contribution in [0, 0.1) is 5.82 Å². The molecule has 5 aromatic rings. The summed E-state index contributed by atoms with van der Waals surface area (Å²) >= 11 is 0. The standard InChI is InChI=1S/C28H23F4N3O3/c1-2-38-26(36)14-19-16-34(25-6-4-3-5-23(19)25)17-27(37,28(30,31)32)20-7-12-24-18(13-20)15-33-35(24)22-10-8-21(29)9-11-22/h3-13,15-16,37H,2,14,17H2,1H3. The largest absolute Gasteiger partial charge is 0.466 e. The molecule has 0 amide bonds. The van der Waals surface area contributed by atoms with Gasteiger partial charge < -0.3 is 14.4 Å². The van der Waals surface area contributed by atoms with E-state index in [1.807, 2.05) is 0 Å². The maximum atomic E-state index is 14.5. The molecule has 1 unspecified atom stereocenters. The Morgan fingerprint density at radius 3 is 2.47 bits per heavy atom. The van der Waals surface area contributed by atoms with Crippen molar-refractivity contribution in [1.82, 2.24) is 14.3 Å². The number of ether oxygens (including phenoxy) is 1. The molecular formula is C28H23F4N3O3. The lowest BCUT2D eigenvalue weighted by molar-refractivity contribution is -0.271. The second-order valence-corrected chi connectivity index (χ2v) is 8.95. The number of carbonyl (C=O) groups excluding carboxylic acids is 1. The lowest BCUT2D eigenvalue weighted by Gasteiger charge is -2.32. The second kappa shape index (κ2) is 9.60. The van der Waals surface area contributed by atoms with Crippen molar-refractivity contribution in [2.45, 2.75) is 31.7 Å². The molecule has 2 aromatic heterocycles. The molecular weight excluding hydrogens is 502 g/mol. The summed E-state index contributed by atoms with van der Waals surface area (Å²) in [4.78, 5) is 12.1. The van der Waals surface area contributed by atoms with Gasteiger partial charge in [-0.2, -0.15) is 18.3 Å². The summed E-state index contributed by atoms with van der Waals surface area (Å²) in [5, 5.41) is 16.4. The van der Waals surface area contributed by atoms with E-state index in [2.05, 4.69) is 5.10 Å². The third kappa shape index (κ3) is 4.51. The predicted molar refractivity (Wildman–Crippen MR) is 133 cm³/mol. The Bertz CT molecular complexity index is 1620. The molecule has 6 nitrogen and oxygen atoms in total. The zero-order valence-corrected chi connectivity index (χ0v) is 20.2. The van der Waals surface area contributed by atoms with Gasteiger partial charge in [0, 0.05) is 22.5 Å². The van der Waals surface area contributed by atoms with E-state index in [-0.39, 0.29) is 18.6 Å². The highest BCUT2D eigenvalue weighted by molar-refractivity contribution is 5.88. The first-order valence-electron chi connectivity index (χ1n) is 11.9. The van der Waals surface area contributed by atoms with Gasteiger partial charge in [0.25, 0.3) is 0 Å². The van der Waals surface area contributed by atoms with Crippen molar-refractivity contribution in [3.63, 3.8) is 0 Å². The molecule has 0 saturated heterocycles. The van der Waals surface area contributed by atoms with Crippen LogP contribution in [0.5, 0.6) is 0 Å². The normalized spacial score (nSPS) is 13.6. The van der Waals surface area contributed by atoms with Crippen LogP contribution in [0.25, 0.3) is 27.5 Å². The predicted octanol–water partition coefficient (Wildman–Crippen LogP) is 5.68. The van der Waals surface area contributed by atoms with Crippen LogP contribution in [-0.4, -0.2) is 38.2 Å². The molecule has 10 heteroatoms. The summed E-state index contributed by atoms with van der Waals surface area (Å²) in [5.74, 6) is -0.921. The molecule has 196 valence electrons. The minimum absolute atomic E-state index is 0.111. The van der Waals surface area contributed by atoms with Crippen LogP contribution in [0.2, 0.25) is 0 Å². The van der Waals surface area contributed by atoms with Gasteiger partial charge in [0.1, 0.15) is 5.82 Å². The first kappa shape index (κ1) is 25.5. The fourth-order valence-electron chi connectivity index (χ4n) is 4.63. The number of nitrogens with zero attached hydrogens (tertiary/aromatic N) is 3. The zero-order valence-electron chi connectivity index (χ0n) is 20.2. The summed E-state index contributed by atoms with van der Waals surface area (Å²) in [7, 11) is 0. The molecule has 2 heterocycles. The molecule has 0 radical (unpaired) electrons. The summed E-state index contributed by atoms with van der Waals surface area (Å²) in [6.45, 7) is 1.02. The number of para-hydroxylation sites is 1. The third-order valence-electron chi connectivity index (χ3n) is 6.50. The van der Waals surface area contributed by atoms with Crippen molar-refractivity contribution >= 4 is 27.8 Å². The minimum atomic E-state index is -5.03. The number of hydrogen-bond donors (Lipinski definition) is 1. The van der Waals surface area contributed by atoms with Crippen molar-refractivity contribution in [1.29, 1.82) is 0 Å². The molecule has 0 aliphatic carbocycles. The monoisotopic (exact) mass is 525 g/mol. The number of aromatic nitrogens is 3. The molecule has 3 aromatic carbocycles. The highest BCUT2D eigenvalue weighted by atomic mass is 19.4. The number of halogens is 4. The minimum Gasteiger partial charge on any atom is -0.466 e. The molecule has 0 fully saturated rings. The molecule has 0 aliphatic rings. The van der Waals surface area contributed by atoms with Gasteiger partial charge in [0.05, 0.1) is 37.0 Å². The van der Waals surface area contributed by atoms with Gasteiger partial charge in [0.2, 0.25) is 5.60 Å². The number of rotatable bonds is 7. The summed E-state index contributed by atoms with van der Waals surface area (Å²) in [6.07, 6.45) is -2.30. The highest BCUT2D eigenvalue weighted by Crippen LogP contribution is 2.42. The molecule has 1 N–H and O–H groups in total. The average Bonchev–Trinajstić information content (AvgIpc) is 3.45. The Morgan fingerprint density at radius 2 is 1.76 bits per heavy atom. The lowest BCUT2D eigenvalue weighted by Crippen LogP contribution is -2.45. The number of fused-ring (bicyclic) bond motifs is 2. The van der Waals surface area contributed by atoms with Crippen LogP contribution in [0.3, 0.4) is 0 Å². The number of benzene rings is 3. The van der Waals surface area contributed by atoms with E-state index >= 15 is 0 Å². The first-order valence-corrected chi connectivity index (χ1v) is 11.9. The van der Waals surface area contributed by atoms with E-state index < -0.39 is 30.1 Å². The van der Waals surface area contributed by atoms with Crippen LogP contribution < -0.4 is 0 Å². The highest BCUT2D eigenvalue weighted by Gasteiger charge is 2.55. The van der Waals surface area contributed by atoms with Gasteiger partial charge in [0.15, 0.2) is 0 Å². The van der Waals surface area contributed by atoms with Crippen molar-refractivity contribution in [3.8, 4) is 5.69 Å². The molecule has 0 bridgehead atoms. The van der Waals surface area contributed by atoms with Crippen molar-refractivity contribution < 1.29 is 32.2 Å². The molecule has 5 rings (SSSR count). The number of esters is 1. The zero-order chi connectivity index (χ0) is 27.1. The lowest BCUT2D eigenvalue weighted by atomic mass is 9.91. The number of hydrogen-bond acceptors (Lipinski definition) is 4. The fourth-order valence-corrected chi connectivity index (χ4v) is 4.63. The van der Waals surface area contributed by atoms with Gasteiger partial charge in [-0.05, 0) is 60.5 Å². The fraction of sp³-hybridized carbons (Fsp3) is 0.214. The Balaban J connectivity index is 1.56. The maximum absolute atomic E-state index is 14.5. The van der Waals surface area contributed by atoms with E-state index in [4.69, 9.17) is 4.74 Å². The number of carbonyl (C=O) groups is 1. The quantitative estimate of drug-likeness (QED) is 0.220. The summed E-state index contributed by atoms with van der Waals surface area (Å²) in [5.41, 5.74) is -1.64. The Kier molecular flexibility index (Phi) is 6.44. The molecule has 1 atom stereocenters. The topological polar surface area (TPSA) is 69.3 Å². The van der Waals surface area contributed by atoms with Gasteiger partial charge in [-0.15, -0.1) is 0 Å². The summed E-state index contributed by atoms with van der Waals surface area (Å²) < 4.78 is 64.6. The Labute approximate surface area is 214 Å². The SMILES string of the molecule is CCOC(=O)Cc1cn(CC(O)(c2ccc3c(cnn3-c3ccc(F)cc3)c2)C(F)(F)F)c2ccccc12. The van der Waals surface area contributed by atoms with E-state index in [0.29, 0.717) is 33.1 Å². The molecule has 38 heavy (non-hydrogen) atoms. The van der Waals surface area contributed by atoms with Crippen LogP contribution in [0.1, 0.15) is 18.1 Å². The van der Waals surface area contributed by atoms with E-state index in [9.17, 15) is 27.5 Å². The number of alkyl halides is 3. The first-order chi connectivity index (χ1) is 18.1. The van der Waals surface area contributed by atoms with Gasteiger partial charge in [-0.1, -0.05) is 24.3 Å². The molecule has 0 saturated carbocycles. The van der Waals surface area contributed by atoms with Gasteiger partial charge in [-0.3, -0.25) is 4.79 Å². The molecule has 0 spiro atoms. The van der Waals surface area contributed by atoms with Crippen LogP contribution in [0.15, 0.2) is 79.1 Å². The van der Waals surface area contributed by atoms with Gasteiger partial charge in [-0.25, -0.2) is 9.07 Å². The Morgan fingerprint density at radius 1 is 1.03 bits per heavy atom. The average molecular weight is 526 g/mol. The van der Waals surface area contributed by atoms with Crippen molar-refractivity contribution in [2.24, 2.45) is 0 Å². The van der Waals surface area contributed by atoms with Crippen LogP contribution >= 0.6 is 0 Å². The third-order valence-corrected chi connectivity index (χ3v) is 6.50. The van der Waals surface area contributed by atoms with Gasteiger partial charge >= 0.3 is 12.1 Å². The van der Waals surface area contributed by atoms with Crippen LogP contribution in [0.4, 0.5) is 17.6 Å².